The van der Waals surface area contributed by atoms with Gasteiger partial charge in [0.05, 0.1) is 17.4 Å². The number of carbonyl (C=O) groups excluding carboxylic acids is 1. The lowest BCUT2D eigenvalue weighted by Gasteiger charge is -2.13. The molecule has 1 rings (SSSR count). The third-order valence-corrected chi connectivity index (χ3v) is 3.44. The number of amides is 1. The Kier molecular flexibility index (Phi) is 4.82. The van der Waals surface area contributed by atoms with Crippen molar-refractivity contribution >= 4 is 27.6 Å². The minimum absolute atomic E-state index is 0.162. The molecule has 20 heavy (non-hydrogen) atoms. The molecule has 0 saturated heterocycles. The Morgan fingerprint density at radius 2 is 2.00 bits per heavy atom. The van der Waals surface area contributed by atoms with Crippen molar-refractivity contribution in [3.05, 3.63) is 23.8 Å². The van der Waals surface area contributed by atoms with E-state index < -0.39 is 34.4 Å². The second kappa shape index (κ2) is 5.99. The van der Waals surface area contributed by atoms with Crippen molar-refractivity contribution in [1.82, 2.24) is 0 Å². The van der Waals surface area contributed by atoms with Crippen LogP contribution in [-0.4, -0.2) is 31.4 Å². The molecule has 0 fully saturated rings. The second-order valence-electron chi connectivity index (χ2n) is 4.22. The van der Waals surface area contributed by atoms with Gasteiger partial charge >= 0.3 is 5.97 Å². The summed E-state index contributed by atoms with van der Waals surface area (Å²) in [6.07, 6.45) is -0.528. The number of benzene rings is 1. The summed E-state index contributed by atoms with van der Waals surface area (Å²) in [4.78, 5) is 22.0. The molecule has 1 aromatic rings. The number of nitrogens with one attached hydrogen (secondary N) is 1. The van der Waals surface area contributed by atoms with E-state index in [0.29, 0.717) is 5.56 Å². The number of hydrogen-bond acceptors (Lipinski definition) is 5. The molecule has 0 aliphatic carbocycles. The highest BCUT2D eigenvalue weighted by atomic mass is 32.2. The number of anilines is 1. The van der Waals surface area contributed by atoms with E-state index >= 15 is 0 Å². The van der Waals surface area contributed by atoms with Gasteiger partial charge in [-0.15, -0.1) is 0 Å². The highest BCUT2D eigenvalue weighted by Gasteiger charge is 2.18. The number of aliphatic carboxylic acids is 1. The molecular formula is C11H15N3O5S. The molecule has 1 atom stereocenters. The Morgan fingerprint density at radius 1 is 1.40 bits per heavy atom. The topological polar surface area (TPSA) is 153 Å². The van der Waals surface area contributed by atoms with E-state index in [9.17, 15) is 18.0 Å². The minimum Gasteiger partial charge on any atom is -0.481 e. The molecule has 0 saturated carbocycles. The molecule has 110 valence electrons. The molecule has 6 N–H and O–H groups in total. The van der Waals surface area contributed by atoms with Gasteiger partial charge in [0.2, 0.25) is 15.9 Å². The maximum absolute atomic E-state index is 11.7. The SMILES string of the molecule is Cc1ccc(S(N)(=O)=O)cc1NC(=O)C(N)CC(=O)O. The van der Waals surface area contributed by atoms with E-state index in [1.54, 1.807) is 6.92 Å². The fraction of sp³-hybridized carbons (Fsp3) is 0.273. The van der Waals surface area contributed by atoms with Crippen LogP contribution in [0, 0.1) is 6.92 Å². The number of hydrogen-bond donors (Lipinski definition) is 4. The Labute approximate surface area is 115 Å². The molecule has 0 radical (unpaired) electrons. The lowest BCUT2D eigenvalue weighted by Crippen LogP contribution is -2.37. The molecule has 1 aromatic carbocycles. The van der Waals surface area contributed by atoms with Gasteiger partial charge in [0.15, 0.2) is 0 Å². The van der Waals surface area contributed by atoms with Crippen LogP contribution in [-0.2, 0) is 19.6 Å². The molecule has 9 heteroatoms. The third kappa shape index (κ3) is 4.30. The van der Waals surface area contributed by atoms with Gasteiger partial charge in [-0.05, 0) is 24.6 Å². The Morgan fingerprint density at radius 3 is 2.50 bits per heavy atom. The summed E-state index contributed by atoms with van der Waals surface area (Å²) in [7, 11) is -3.89. The number of primary sulfonamides is 1. The summed E-state index contributed by atoms with van der Waals surface area (Å²) in [5, 5.41) is 15.9. The first kappa shape index (κ1) is 16.1. The molecule has 0 bridgehead atoms. The van der Waals surface area contributed by atoms with E-state index in [1.807, 2.05) is 0 Å². The average Bonchev–Trinajstić information content (AvgIpc) is 2.29. The van der Waals surface area contributed by atoms with Crippen LogP contribution in [0.1, 0.15) is 12.0 Å². The van der Waals surface area contributed by atoms with Crippen molar-refractivity contribution in [1.29, 1.82) is 0 Å². The predicted octanol–water partition coefficient (Wildman–Crippen LogP) is -0.617. The van der Waals surface area contributed by atoms with Crippen LogP contribution in [0.5, 0.6) is 0 Å². The lowest BCUT2D eigenvalue weighted by atomic mass is 10.1. The van der Waals surface area contributed by atoms with Gasteiger partial charge in [0.25, 0.3) is 0 Å². The highest BCUT2D eigenvalue weighted by Crippen LogP contribution is 2.19. The average molecular weight is 301 g/mol. The smallest absolute Gasteiger partial charge is 0.305 e. The molecule has 0 aliphatic heterocycles. The first-order chi connectivity index (χ1) is 9.11. The summed E-state index contributed by atoms with van der Waals surface area (Å²) >= 11 is 0. The molecule has 0 aromatic heterocycles. The van der Waals surface area contributed by atoms with E-state index in [1.165, 1.54) is 18.2 Å². The zero-order valence-corrected chi connectivity index (χ0v) is 11.5. The number of nitrogens with two attached hydrogens (primary N) is 2. The van der Waals surface area contributed by atoms with Gasteiger partial charge in [-0.25, -0.2) is 13.6 Å². The van der Waals surface area contributed by atoms with Crippen molar-refractivity contribution in [2.45, 2.75) is 24.3 Å². The molecule has 0 aliphatic rings. The zero-order chi connectivity index (χ0) is 15.5. The third-order valence-electron chi connectivity index (χ3n) is 2.53. The number of carboxylic acids is 1. The fourth-order valence-corrected chi connectivity index (χ4v) is 1.96. The highest BCUT2D eigenvalue weighted by molar-refractivity contribution is 7.89. The largest absolute Gasteiger partial charge is 0.481 e. The molecule has 1 unspecified atom stereocenters. The number of carbonyl (C=O) groups is 2. The number of rotatable bonds is 5. The van der Waals surface area contributed by atoms with Crippen molar-refractivity contribution in [3.63, 3.8) is 0 Å². The maximum Gasteiger partial charge on any atom is 0.305 e. The minimum atomic E-state index is -3.89. The van der Waals surface area contributed by atoms with Gasteiger partial charge in [0.1, 0.15) is 0 Å². The quantitative estimate of drug-likeness (QED) is 0.568. The summed E-state index contributed by atoms with van der Waals surface area (Å²) in [6.45, 7) is 1.64. The van der Waals surface area contributed by atoms with Crippen LogP contribution in [0.25, 0.3) is 0 Å². The van der Waals surface area contributed by atoms with Gasteiger partial charge in [-0.2, -0.15) is 0 Å². The van der Waals surface area contributed by atoms with Crippen LogP contribution in [0.4, 0.5) is 5.69 Å². The standard InChI is InChI=1S/C11H15N3O5S/c1-6-2-3-7(20(13,18)19)4-9(6)14-11(17)8(12)5-10(15)16/h2-4,8H,5,12H2,1H3,(H,14,17)(H,15,16)(H2,13,18,19). The predicted molar refractivity (Wildman–Crippen MR) is 71.4 cm³/mol. The number of sulfonamides is 1. The normalized spacial score (nSPS) is 12.8. The first-order valence-electron chi connectivity index (χ1n) is 5.53. The van der Waals surface area contributed by atoms with Gasteiger partial charge in [-0.1, -0.05) is 6.07 Å². The van der Waals surface area contributed by atoms with Crippen LogP contribution < -0.4 is 16.2 Å². The van der Waals surface area contributed by atoms with Crippen molar-refractivity contribution in [2.75, 3.05) is 5.32 Å². The first-order valence-corrected chi connectivity index (χ1v) is 7.07. The Bertz CT molecular complexity index is 641. The van der Waals surface area contributed by atoms with Crippen LogP contribution >= 0.6 is 0 Å². The van der Waals surface area contributed by atoms with Crippen molar-refractivity contribution < 1.29 is 23.1 Å². The molecular weight excluding hydrogens is 286 g/mol. The fourth-order valence-electron chi connectivity index (χ4n) is 1.42. The van der Waals surface area contributed by atoms with Gasteiger partial charge in [0, 0.05) is 5.69 Å². The zero-order valence-electron chi connectivity index (χ0n) is 10.7. The maximum atomic E-state index is 11.7. The van der Waals surface area contributed by atoms with Crippen LogP contribution in [0.15, 0.2) is 23.1 Å². The summed E-state index contributed by atoms with van der Waals surface area (Å²) in [6, 6.07) is 2.73. The van der Waals surface area contributed by atoms with E-state index in [0.717, 1.165) is 0 Å². The molecule has 0 heterocycles. The van der Waals surface area contributed by atoms with Gasteiger partial charge < -0.3 is 16.2 Å². The second-order valence-corrected chi connectivity index (χ2v) is 5.78. The lowest BCUT2D eigenvalue weighted by molar-refractivity contribution is -0.138. The van der Waals surface area contributed by atoms with E-state index in [-0.39, 0.29) is 10.6 Å². The summed E-state index contributed by atoms with van der Waals surface area (Å²) in [5.74, 6) is -1.93. The van der Waals surface area contributed by atoms with E-state index in [4.69, 9.17) is 16.0 Å². The van der Waals surface area contributed by atoms with Crippen LogP contribution in [0.3, 0.4) is 0 Å². The summed E-state index contributed by atoms with van der Waals surface area (Å²) < 4.78 is 22.4. The Hall–Kier alpha value is -1.97. The monoisotopic (exact) mass is 301 g/mol. The number of aryl methyl sites for hydroxylation is 1. The summed E-state index contributed by atoms with van der Waals surface area (Å²) in [5.41, 5.74) is 6.21. The number of carboxylic acid groups (broad SMARTS) is 1. The van der Waals surface area contributed by atoms with Crippen LogP contribution in [0.2, 0.25) is 0 Å². The Balaban J connectivity index is 2.98. The molecule has 8 nitrogen and oxygen atoms in total. The van der Waals surface area contributed by atoms with Gasteiger partial charge in [-0.3, -0.25) is 9.59 Å². The molecule has 0 spiro atoms. The van der Waals surface area contributed by atoms with Crippen molar-refractivity contribution in [3.8, 4) is 0 Å². The van der Waals surface area contributed by atoms with Crippen molar-refractivity contribution in [2.24, 2.45) is 10.9 Å². The van der Waals surface area contributed by atoms with E-state index in [2.05, 4.69) is 5.32 Å². The molecule has 1 amide bonds.